The molecule has 0 radical (unpaired) electrons. The topological polar surface area (TPSA) is 50.9 Å². The van der Waals surface area contributed by atoms with Crippen LogP contribution in [0.2, 0.25) is 0 Å². The van der Waals surface area contributed by atoms with Crippen molar-refractivity contribution in [2.45, 2.75) is 39.7 Å². The van der Waals surface area contributed by atoms with E-state index >= 15 is 0 Å². The maximum Gasteiger partial charge on any atom is 0.216 e. The highest BCUT2D eigenvalue weighted by Gasteiger charge is 2.26. The number of H-pyrrole nitrogens is 1. The molecule has 2 aromatic rings. The van der Waals surface area contributed by atoms with Gasteiger partial charge in [0, 0.05) is 23.0 Å². The third kappa shape index (κ3) is 2.16. The molecule has 1 fully saturated rings. The normalized spacial score (nSPS) is 15.5. The molecule has 0 amide bonds. The molecule has 19 heavy (non-hydrogen) atoms. The predicted octanol–water partition coefficient (Wildman–Crippen LogP) is 2.88. The van der Waals surface area contributed by atoms with Crippen LogP contribution in [-0.2, 0) is 0 Å². The molecular weight excluding hydrogens is 258 g/mol. The van der Waals surface area contributed by atoms with E-state index in [4.69, 9.17) is 12.2 Å². The number of aromatic nitrogens is 4. The zero-order valence-corrected chi connectivity index (χ0v) is 12.2. The molecule has 1 aliphatic rings. The molecule has 2 heterocycles. The zero-order chi connectivity index (χ0) is 13.6. The first-order valence-corrected chi connectivity index (χ1v) is 6.85. The number of rotatable bonds is 3. The van der Waals surface area contributed by atoms with E-state index in [-0.39, 0.29) is 0 Å². The van der Waals surface area contributed by atoms with Crippen LogP contribution in [0.5, 0.6) is 0 Å². The minimum absolute atomic E-state index is 0.518. The van der Waals surface area contributed by atoms with Crippen molar-refractivity contribution in [1.82, 2.24) is 19.4 Å². The van der Waals surface area contributed by atoms with Gasteiger partial charge in [-0.3, -0.25) is 5.10 Å². The quantitative estimate of drug-likeness (QED) is 0.691. The Morgan fingerprint density at radius 1 is 1.42 bits per heavy atom. The maximum atomic E-state index is 5.13. The van der Waals surface area contributed by atoms with E-state index in [9.17, 15) is 0 Å². The Balaban J connectivity index is 1.96. The second-order valence-electron chi connectivity index (χ2n) is 5.06. The van der Waals surface area contributed by atoms with Crippen LogP contribution in [0.1, 0.15) is 41.7 Å². The Bertz CT molecular complexity index is 699. The summed E-state index contributed by atoms with van der Waals surface area (Å²) in [4.78, 5) is 0. The molecule has 5 nitrogen and oxygen atoms in total. The van der Waals surface area contributed by atoms with Gasteiger partial charge in [-0.25, -0.2) is 0 Å². The van der Waals surface area contributed by atoms with Gasteiger partial charge in [0.1, 0.15) is 5.82 Å². The Morgan fingerprint density at radius 3 is 2.74 bits per heavy atom. The smallest absolute Gasteiger partial charge is 0.216 e. The number of hydrogen-bond donors (Lipinski definition) is 1. The van der Waals surface area contributed by atoms with Crippen molar-refractivity contribution >= 4 is 18.4 Å². The summed E-state index contributed by atoms with van der Waals surface area (Å²) in [6.45, 7) is 6.17. The van der Waals surface area contributed by atoms with Crippen molar-refractivity contribution < 1.29 is 0 Å². The van der Waals surface area contributed by atoms with E-state index in [0.717, 1.165) is 11.4 Å². The summed E-state index contributed by atoms with van der Waals surface area (Å²) in [5, 5.41) is 11.2. The molecule has 6 heteroatoms. The van der Waals surface area contributed by atoms with Gasteiger partial charge in [-0.1, -0.05) is 0 Å². The van der Waals surface area contributed by atoms with Crippen LogP contribution in [0.15, 0.2) is 11.2 Å². The molecule has 100 valence electrons. The van der Waals surface area contributed by atoms with E-state index in [1.807, 2.05) is 13.1 Å². The fourth-order valence-corrected chi connectivity index (χ4v) is 2.68. The lowest BCUT2D eigenvalue weighted by Crippen LogP contribution is -2.00. The number of nitrogens with zero attached hydrogens (tertiary/aromatic N) is 4. The monoisotopic (exact) mass is 275 g/mol. The summed E-state index contributed by atoms with van der Waals surface area (Å²) in [6, 6.07) is 2.87. The lowest BCUT2D eigenvalue weighted by molar-refractivity contribution is 0.699. The number of aryl methyl sites for hydroxylation is 2. The second kappa shape index (κ2) is 4.45. The highest BCUT2D eigenvalue weighted by Crippen LogP contribution is 2.38. The summed E-state index contributed by atoms with van der Waals surface area (Å²) < 4.78 is 4.56. The van der Waals surface area contributed by atoms with E-state index in [2.05, 4.69) is 39.8 Å². The molecular formula is C13H17N5S. The molecule has 1 aliphatic carbocycles. The van der Waals surface area contributed by atoms with E-state index in [1.165, 1.54) is 24.2 Å². The Kier molecular flexibility index (Phi) is 2.89. The summed E-state index contributed by atoms with van der Waals surface area (Å²) in [5.41, 5.74) is 3.72. The summed E-state index contributed by atoms with van der Waals surface area (Å²) in [7, 11) is 0. The molecule has 2 aromatic heterocycles. The SMILES string of the molecule is Cc1cc(/C=N/n2c(C)n[nH]c2=S)c(C)n1C1CC1. The lowest BCUT2D eigenvalue weighted by Gasteiger charge is -2.06. The Morgan fingerprint density at radius 2 is 2.16 bits per heavy atom. The van der Waals surface area contributed by atoms with E-state index in [1.54, 1.807) is 4.68 Å². The van der Waals surface area contributed by atoms with Gasteiger partial charge in [0.05, 0.1) is 6.21 Å². The largest absolute Gasteiger partial charge is 0.345 e. The average Bonchev–Trinajstić information content (AvgIpc) is 3.08. The molecule has 0 spiro atoms. The number of hydrogen-bond acceptors (Lipinski definition) is 3. The average molecular weight is 275 g/mol. The lowest BCUT2D eigenvalue weighted by atomic mass is 10.3. The Hall–Kier alpha value is -1.69. The van der Waals surface area contributed by atoms with Gasteiger partial charge < -0.3 is 4.57 Å². The first kappa shape index (κ1) is 12.3. The van der Waals surface area contributed by atoms with Crippen molar-refractivity contribution in [3.63, 3.8) is 0 Å². The van der Waals surface area contributed by atoms with Crippen molar-refractivity contribution in [2.24, 2.45) is 5.10 Å². The van der Waals surface area contributed by atoms with Crippen molar-refractivity contribution in [1.29, 1.82) is 0 Å². The van der Waals surface area contributed by atoms with Crippen molar-refractivity contribution in [3.8, 4) is 0 Å². The molecule has 0 aliphatic heterocycles. The first-order valence-electron chi connectivity index (χ1n) is 6.44. The number of nitrogens with one attached hydrogen (secondary N) is 1. The van der Waals surface area contributed by atoms with Crippen LogP contribution in [0.3, 0.4) is 0 Å². The van der Waals surface area contributed by atoms with Crippen molar-refractivity contribution in [2.75, 3.05) is 0 Å². The summed E-state index contributed by atoms with van der Waals surface area (Å²) in [6.07, 6.45) is 4.44. The fraction of sp³-hybridized carbons (Fsp3) is 0.462. The fourth-order valence-electron chi connectivity index (χ4n) is 2.45. The van der Waals surface area contributed by atoms with Gasteiger partial charge in [0.2, 0.25) is 4.77 Å². The van der Waals surface area contributed by atoms with E-state index in [0.29, 0.717) is 10.8 Å². The second-order valence-corrected chi connectivity index (χ2v) is 5.45. The molecule has 1 saturated carbocycles. The molecule has 1 N–H and O–H groups in total. The molecule has 0 saturated heterocycles. The van der Waals surface area contributed by atoms with Crippen LogP contribution in [0, 0.1) is 25.5 Å². The highest BCUT2D eigenvalue weighted by atomic mass is 32.1. The molecule has 0 unspecified atom stereocenters. The van der Waals surface area contributed by atoms with Gasteiger partial charge in [0.15, 0.2) is 0 Å². The first-order chi connectivity index (χ1) is 9.08. The summed E-state index contributed by atoms with van der Waals surface area (Å²) >= 11 is 5.13. The predicted molar refractivity (Wildman–Crippen MR) is 77.3 cm³/mol. The van der Waals surface area contributed by atoms with Crippen LogP contribution >= 0.6 is 12.2 Å². The van der Waals surface area contributed by atoms with E-state index < -0.39 is 0 Å². The standard InChI is InChI=1S/C13H17N5S/c1-8-6-11(9(2)17(8)12-4-5-12)7-14-18-10(3)15-16-13(18)19/h6-7,12H,4-5H2,1-3H3,(H,16,19)/b14-7+. The van der Waals surface area contributed by atoms with Crippen LogP contribution in [0.25, 0.3) is 0 Å². The minimum Gasteiger partial charge on any atom is -0.345 e. The van der Waals surface area contributed by atoms with Crippen LogP contribution in [-0.4, -0.2) is 25.7 Å². The van der Waals surface area contributed by atoms with Gasteiger partial charge >= 0.3 is 0 Å². The van der Waals surface area contributed by atoms with Gasteiger partial charge in [-0.05, 0) is 51.9 Å². The van der Waals surface area contributed by atoms with Gasteiger partial charge in [-0.2, -0.15) is 14.9 Å². The van der Waals surface area contributed by atoms with Gasteiger partial charge in [-0.15, -0.1) is 0 Å². The molecule has 0 aromatic carbocycles. The molecule has 3 rings (SSSR count). The third-order valence-electron chi connectivity index (χ3n) is 3.56. The maximum absolute atomic E-state index is 5.13. The Labute approximate surface area is 117 Å². The highest BCUT2D eigenvalue weighted by molar-refractivity contribution is 7.71. The zero-order valence-electron chi connectivity index (χ0n) is 11.3. The van der Waals surface area contributed by atoms with Crippen LogP contribution in [0.4, 0.5) is 0 Å². The third-order valence-corrected chi connectivity index (χ3v) is 3.82. The van der Waals surface area contributed by atoms with Crippen molar-refractivity contribution in [3.05, 3.63) is 33.6 Å². The summed E-state index contributed by atoms with van der Waals surface area (Å²) in [5.74, 6) is 0.761. The molecule has 0 atom stereocenters. The van der Waals surface area contributed by atoms with Crippen LogP contribution < -0.4 is 0 Å². The number of aromatic amines is 1. The molecule has 0 bridgehead atoms. The minimum atomic E-state index is 0.518. The van der Waals surface area contributed by atoms with Gasteiger partial charge in [0.25, 0.3) is 0 Å².